The van der Waals surface area contributed by atoms with Gasteiger partial charge >= 0.3 is 0 Å². The van der Waals surface area contributed by atoms with E-state index in [1.807, 2.05) is 0 Å². The molecule has 18 N–H and O–H groups in total. The van der Waals surface area contributed by atoms with Crippen molar-refractivity contribution in [1.82, 2.24) is 25.9 Å². The maximum absolute atomic E-state index is 16.6. The Hall–Kier alpha value is -2.64. The summed E-state index contributed by atoms with van der Waals surface area (Å²) >= 11 is 0. The van der Waals surface area contributed by atoms with Gasteiger partial charge < -0.3 is 88.3 Å². The number of imidazole rings is 1. The lowest BCUT2D eigenvalue weighted by molar-refractivity contribution is -0.311. The molecule has 1 saturated carbocycles. The van der Waals surface area contributed by atoms with Gasteiger partial charge in [-0.2, -0.15) is 0 Å². The van der Waals surface area contributed by atoms with Crippen molar-refractivity contribution >= 4 is 11.9 Å². The average molecular weight is 693 g/mol. The summed E-state index contributed by atoms with van der Waals surface area (Å²) in [7, 11) is 0. The summed E-state index contributed by atoms with van der Waals surface area (Å²) in [4.78, 5) is 19.5. The Balaban J connectivity index is 1.54. The highest BCUT2D eigenvalue weighted by Gasteiger charge is 2.53. The lowest BCUT2D eigenvalue weighted by Gasteiger charge is -2.48. The van der Waals surface area contributed by atoms with Gasteiger partial charge in [-0.15, -0.1) is 0 Å². The number of hydrogen-bond acceptors (Lipinski definition) is 16. The molecule has 1 amide bonds. The number of halogens is 1. The maximum Gasteiger partial charge on any atom is 0.249 e. The van der Waals surface area contributed by atoms with Crippen LogP contribution in [-0.4, -0.2) is 159 Å². The highest BCUT2D eigenvalue weighted by Crippen LogP contribution is 2.33. The van der Waals surface area contributed by atoms with E-state index in [-0.39, 0.29) is 44.9 Å². The van der Waals surface area contributed by atoms with Crippen LogP contribution in [0.3, 0.4) is 0 Å². The molecular formula is C27H49FN10O10. The van der Waals surface area contributed by atoms with Crippen LogP contribution in [0.1, 0.15) is 25.0 Å². The molecule has 20 nitrogen and oxygen atoms in total. The van der Waals surface area contributed by atoms with E-state index in [0.717, 1.165) is 0 Å². The zero-order valence-corrected chi connectivity index (χ0v) is 26.2. The first-order valence-electron chi connectivity index (χ1n) is 15.7. The van der Waals surface area contributed by atoms with Crippen molar-refractivity contribution in [3.8, 4) is 0 Å². The molecule has 3 fully saturated rings. The lowest BCUT2D eigenvalue weighted by Crippen LogP contribution is -2.69. The molecule has 1 aromatic rings. The number of aromatic amines is 1. The number of aromatic nitrogens is 2. The third-order valence-corrected chi connectivity index (χ3v) is 8.66. The van der Waals surface area contributed by atoms with Crippen LogP contribution >= 0.6 is 0 Å². The van der Waals surface area contributed by atoms with Gasteiger partial charge in [0.2, 0.25) is 5.91 Å². The fourth-order valence-electron chi connectivity index (χ4n) is 5.98. The molecule has 0 spiro atoms. The van der Waals surface area contributed by atoms with Crippen molar-refractivity contribution in [2.75, 3.05) is 19.7 Å². The van der Waals surface area contributed by atoms with Gasteiger partial charge in [0.05, 0.1) is 55.5 Å². The minimum Gasteiger partial charge on any atom is -0.394 e. The number of guanidine groups is 1. The first-order chi connectivity index (χ1) is 22.9. The van der Waals surface area contributed by atoms with Crippen LogP contribution in [0, 0.1) is 5.41 Å². The molecule has 3 heterocycles. The topological polar surface area (TPSA) is 348 Å². The standard InChI is InChI=1S/C27H49FN10O10/c28-18-22(47-25-12(32)4-15(41)16(5-30)45-25)11(31)3-13(37-24(44)14(40)1-2-29)23(18)48-26-21(43)19(20(42)17(8-39)46-26)38-27(33)35-7-10-6-34-9-36-10/h6,9,11-23,25-26,39-43H,1-5,7-8,29-32H2,(H,34,36)(H,37,44)(H3,33,35,38)/t11?,12?,13-,14+,15+,16?,17-,18?,19?,20?,21-,22-,23?,25-,26?/m1/s1. The van der Waals surface area contributed by atoms with Gasteiger partial charge in [0.1, 0.15) is 36.6 Å². The second kappa shape index (κ2) is 17.3. The van der Waals surface area contributed by atoms with Crippen molar-refractivity contribution in [3.63, 3.8) is 0 Å². The van der Waals surface area contributed by atoms with E-state index in [4.69, 9.17) is 47.3 Å². The molecule has 48 heavy (non-hydrogen) atoms. The second-order valence-electron chi connectivity index (χ2n) is 12.2. The number of carbonyl (C=O) groups excluding carboxylic acids is 1. The number of alkyl halides is 1. The number of ether oxygens (including phenoxy) is 4. The Morgan fingerprint density at radius 2 is 1.79 bits per heavy atom. The molecule has 1 aliphatic carbocycles. The van der Waals surface area contributed by atoms with Crippen LogP contribution in [0.15, 0.2) is 12.5 Å². The van der Waals surface area contributed by atoms with Crippen molar-refractivity contribution in [2.45, 2.75) is 118 Å². The van der Waals surface area contributed by atoms with E-state index in [9.17, 15) is 30.3 Å². The number of nitrogens with one attached hydrogen (secondary N) is 5. The van der Waals surface area contributed by atoms with E-state index in [2.05, 4.69) is 25.9 Å². The molecular weight excluding hydrogens is 643 g/mol. The third kappa shape index (κ3) is 9.12. The Kier molecular flexibility index (Phi) is 13.8. The quantitative estimate of drug-likeness (QED) is 0.0675. The highest BCUT2D eigenvalue weighted by atomic mass is 19.1. The largest absolute Gasteiger partial charge is 0.394 e. The predicted octanol–water partition coefficient (Wildman–Crippen LogP) is -6.37. The van der Waals surface area contributed by atoms with Crippen LogP contribution in [0.4, 0.5) is 4.39 Å². The van der Waals surface area contributed by atoms with E-state index < -0.39 is 104 Å². The van der Waals surface area contributed by atoms with E-state index >= 15 is 4.39 Å². The molecule has 8 unspecified atom stereocenters. The number of aliphatic hydroxyl groups excluding tert-OH is 5. The van der Waals surface area contributed by atoms with Crippen LogP contribution in [0.2, 0.25) is 0 Å². The molecule has 4 rings (SSSR count). The van der Waals surface area contributed by atoms with Crippen molar-refractivity contribution in [3.05, 3.63) is 18.2 Å². The highest BCUT2D eigenvalue weighted by molar-refractivity contribution is 5.80. The zero-order valence-electron chi connectivity index (χ0n) is 26.2. The molecule has 1 aromatic heterocycles. The molecule has 15 atom stereocenters. The number of amides is 1. The zero-order chi connectivity index (χ0) is 35.1. The van der Waals surface area contributed by atoms with Gasteiger partial charge in [-0.3, -0.25) is 10.2 Å². The summed E-state index contributed by atoms with van der Waals surface area (Å²) in [5.74, 6) is -1.19. The molecule has 3 aliphatic rings. The van der Waals surface area contributed by atoms with Crippen molar-refractivity contribution in [2.24, 2.45) is 22.9 Å². The summed E-state index contributed by atoms with van der Waals surface area (Å²) in [6.07, 6.45) is -13.3. The fraction of sp³-hybridized carbons (Fsp3) is 0.815. The Morgan fingerprint density at radius 3 is 2.44 bits per heavy atom. The number of rotatable bonds is 13. The summed E-state index contributed by atoms with van der Waals surface area (Å²) in [5.41, 5.74) is 24.2. The first-order valence-corrected chi connectivity index (χ1v) is 15.7. The maximum atomic E-state index is 16.6. The molecule has 274 valence electrons. The molecule has 21 heteroatoms. The van der Waals surface area contributed by atoms with Gasteiger partial charge in [-0.25, -0.2) is 9.37 Å². The SMILES string of the molecule is N=C(NCc1cnc[nH]1)NC1C(O)[C@@H](CO)OC(OC2C(F)[C@H](O[C@H]3OC(CN)[C@@H](O)CC3N)C(N)C[C@H]2NC(=O)[C@@H](O)CCN)[C@@H]1O. The summed E-state index contributed by atoms with van der Waals surface area (Å²) in [5, 5.41) is 68.6. The molecule has 0 bridgehead atoms. The minimum atomic E-state index is -2.14. The molecule has 2 saturated heterocycles. The van der Waals surface area contributed by atoms with E-state index in [1.165, 1.54) is 12.5 Å². The fourth-order valence-corrected chi connectivity index (χ4v) is 5.98. The van der Waals surface area contributed by atoms with Gasteiger partial charge in [0.15, 0.2) is 24.7 Å². The smallest absolute Gasteiger partial charge is 0.249 e. The van der Waals surface area contributed by atoms with Crippen LogP contribution < -0.4 is 38.9 Å². The van der Waals surface area contributed by atoms with Crippen LogP contribution in [0.5, 0.6) is 0 Å². The van der Waals surface area contributed by atoms with Crippen molar-refractivity contribution in [1.29, 1.82) is 5.41 Å². The molecule has 0 radical (unpaired) electrons. The van der Waals surface area contributed by atoms with Crippen LogP contribution in [0.25, 0.3) is 0 Å². The van der Waals surface area contributed by atoms with E-state index in [1.54, 1.807) is 0 Å². The van der Waals surface area contributed by atoms with Crippen molar-refractivity contribution < 1.29 is 53.7 Å². The van der Waals surface area contributed by atoms with Gasteiger partial charge in [0, 0.05) is 18.8 Å². The Labute approximate surface area is 275 Å². The number of carbonyl (C=O) groups is 1. The van der Waals surface area contributed by atoms with Gasteiger partial charge in [0.25, 0.3) is 0 Å². The lowest BCUT2D eigenvalue weighted by atomic mass is 9.84. The average Bonchev–Trinajstić information content (AvgIpc) is 3.58. The predicted molar refractivity (Wildman–Crippen MR) is 163 cm³/mol. The van der Waals surface area contributed by atoms with Gasteiger partial charge in [-0.05, 0) is 25.8 Å². The number of aliphatic hydroxyl groups is 5. The van der Waals surface area contributed by atoms with Crippen LogP contribution in [-0.2, 0) is 30.3 Å². The number of nitrogens with two attached hydrogens (primary N) is 4. The minimum absolute atomic E-state index is 0.00635. The van der Waals surface area contributed by atoms with Gasteiger partial charge in [-0.1, -0.05) is 0 Å². The Bertz CT molecular complexity index is 1160. The number of nitrogens with zero attached hydrogens (tertiary/aromatic N) is 1. The normalized spacial score (nSPS) is 39.4. The second-order valence-corrected chi connectivity index (χ2v) is 12.2. The van der Waals surface area contributed by atoms with E-state index in [0.29, 0.717) is 5.69 Å². The number of hydrogen-bond donors (Lipinski definition) is 14. The summed E-state index contributed by atoms with van der Waals surface area (Å²) in [6, 6.07) is -4.50. The first kappa shape index (κ1) is 38.2. The Morgan fingerprint density at radius 1 is 1.08 bits per heavy atom. The monoisotopic (exact) mass is 692 g/mol. The molecule has 2 aliphatic heterocycles. The summed E-state index contributed by atoms with van der Waals surface area (Å²) < 4.78 is 39.8. The number of H-pyrrole nitrogens is 1. The molecule has 0 aromatic carbocycles. The third-order valence-electron chi connectivity index (χ3n) is 8.66. The summed E-state index contributed by atoms with van der Waals surface area (Å²) in [6.45, 7) is -0.658.